The highest BCUT2D eigenvalue weighted by Crippen LogP contribution is 2.35. The lowest BCUT2D eigenvalue weighted by Gasteiger charge is -2.25. The third-order valence-corrected chi connectivity index (χ3v) is 4.40. The normalized spacial score (nSPS) is 16.3. The molecule has 1 fully saturated rings. The molecule has 1 aliphatic carbocycles. The average Bonchev–Trinajstić information content (AvgIpc) is 3.08. The molecule has 0 radical (unpaired) electrons. The molecule has 5 heteroatoms. The first-order valence-electron chi connectivity index (χ1n) is 7.98. The van der Waals surface area contributed by atoms with Gasteiger partial charge in [-0.05, 0) is 43.4 Å². The number of hydrogen-bond donors (Lipinski definition) is 1. The zero-order chi connectivity index (χ0) is 16.2. The molecule has 1 saturated carbocycles. The Balaban J connectivity index is 1.81. The van der Waals surface area contributed by atoms with E-state index in [4.69, 9.17) is 0 Å². The first kappa shape index (κ1) is 15.6. The van der Waals surface area contributed by atoms with Crippen LogP contribution in [0.1, 0.15) is 53.5 Å². The SMILES string of the molecule is Cc1cnc(C(=O)NC(c2ccc(F)cc2)C2CCCC2)cn1. The van der Waals surface area contributed by atoms with Crippen LogP contribution in [0.2, 0.25) is 0 Å². The monoisotopic (exact) mass is 313 g/mol. The summed E-state index contributed by atoms with van der Waals surface area (Å²) in [4.78, 5) is 20.7. The van der Waals surface area contributed by atoms with Crippen molar-refractivity contribution in [2.75, 3.05) is 0 Å². The molecule has 0 bridgehead atoms. The molecule has 23 heavy (non-hydrogen) atoms. The Morgan fingerprint density at radius 2 is 1.87 bits per heavy atom. The van der Waals surface area contributed by atoms with Crippen LogP contribution >= 0.6 is 0 Å². The topological polar surface area (TPSA) is 54.9 Å². The van der Waals surface area contributed by atoms with Gasteiger partial charge in [-0.1, -0.05) is 25.0 Å². The van der Waals surface area contributed by atoms with E-state index in [-0.39, 0.29) is 17.8 Å². The first-order chi connectivity index (χ1) is 11.1. The molecule has 1 amide bonds. The average molecular weight is 313 g/mol. The van der Waals surface area contributed by atoms with E-state index < -0.39 is 0 Å². The van der Waals surface area contributed by atoms with Crippen molar-refractivity contribution >= 4 is 5.91 Å². The van der Waals surface area contributed by atoms with Gasteiger partial charge in [0.15, 0.2) is 0 Å². The summed E-state index contributed by atoms with van der Waals surface area (Å²) in [6.07, 6.45) is 7.55. The number of nitrogens with zero attached hydrogens (tertiary/aromatic N) is 2. The van der Waals surface area contributed by atoms with Crippen molar-refractivity contribution in [1.29, 1.82) is 0 Å². The summed E-state index contributed by atoms with van der Waals surface area (Å²) in [7, 11) is 0. The molecule has 0 aliphatic heterocycles. The number of carbonyl (C=O) groups is 1. The molecule has 1 unspecified atom stereocenters. The molecule has 1 aromatic heterocycles. The number of aryl methyl sites for hydroxylation is 1. The van der Waals surface area contributed by atoms with Gasteiger partial charge < -0.3 is 5.32 Å². The second-order valence-electron chi connectivity index (χ2n) is 6.09. The summed E-state index contributed by atoms with van der Waals surface area (Å²) in [5, 5.41) is 3.07. The fourth-order valence-electron chi connectivity index (χ4n) is 3.16. The van der Waals surface area contributed by atoms with Gasteiger partial charge in [-0.15, -0.1) is 0 Å². The summed E-state index contributed by atoms with van der Waals surface area (Å²) < 4.78 is 13.2. The van der Waals surface area contributed by atoms with Gasteiger partial charge in [-0.3, -0.25) is 9.78 Å². The zero-order valence-electron chi connectivity index (χ0n) is 13.1. The van der Waals surface area contributed by atoms with Crippen molar-refractivity contribution in [2.45, 2.75) is 38.6 Å². The number of hydrogen-bond acceptors (Lipinski definition) is 3. The van der Waals surface area contributed by atoms with Crippen molar-refractivity contribution in [3.05, 3.63) is 59.4 Å². The van der Waals surface area contributed by atoms with E-state index in [0.29, 0.717) is 11.6 Å². The molecule has 1 heterocycles. The van der Waals surface area contributed by atoms with Crippen LogP contribution in [0.5, 0.6) is 0 Å². The maximum atomic E-state index is 13.2. The highest BCUT2D eigenvalue weighted by atomic mass is 19.1. The van der Waals surface area contributed by atoms with Crippen molar-refractivity contribution in [1.82, 2.24) is 15.3 Å². The summed E-state index contributed by atoms with van der Waals surface area (Å²) in [5.41, 5.74) is 2.01. The van der Waals surface area contributed by atoms with Crippen LogP contribution in [0, 0.1) is 18.7 Å². The number of aromatic nitrogens is 2. The Kier molecular flexibility index (Phi) is 4.65. The Morgan fingerprint density at radius 3 is 2.48 bits per heavy atom. The number of nitrogens with one attached hydrogen (secondary N) is 1. The van der Waals surface area contributed by atoms with Crippen LogP contribution in [-0.2, 0) is 0 Å². The molecular formula is C18H20FN3O. The van der Waals surface area contributed by atoms with E-state index >= 15 is 0 Å². The van der Waals surface area contributed by atoms with Crippen molar-refractivity contribution in [3.63, 3.8) is 0 Å². The molecule has 1 atom stereocenters. The van der Waals surface area contributed by atoms with Gasteiger partial charge in [0.1, 0.15) is 11.5 Å². The van der Waals surface area contributed by atoms with Crippen LogP contribution in [0.4, 0.5) is 4.39 Å². The number of halogens is 1. The molecule has 1 N–H and O–H groups in total. The molecular weight excluding hydrogens is 293 g/mol. The van der Waals surface area contributed by atoms with Crippen molar-refractivity contribution in [2.24, 2.45) is 5.92 Å². The van der Waals surface area contributed by atoms with Gasteiger partial charge in [-0.25, -0.2) is 9.37 Å². The predicted molar refractivity (Wildman–Crippen MR) is 85.3 cm³/mol. The fraction of sp³-hybridized carbons (Fsp3) is 0.389. The van der Waals surface area contributed by atoms with E-state index in [1.165, 1.54) is 31.2 Å². The molecule has 2 aromatic rings. The largest absolute Gasteiger partial charge is 0.344 e. The molecule has 1 aliphatic rings. The number of rotatable bonds is 4. The smallest absolute Gasteiger partial charge is 0.271 e. The van der Waals surface area contributed by atoms with Crippen LogP contribution in [0.25, 0.3) is 0 Å². The Hall–Kier alpha value is -2.30. The Labute approximate surface area is 135 Å². The summed E-state index contributed by atoms with van der Waals surface area (Å²) in [5.74, 6) is -0.129. The lowest BCUT2D eigenvalue weighted by atomic mass is 9.91. The van der Waals surface area contributed by atoms with Gasteiger partial charge in [0.25, 0.3) is 5.91 Å². The van der Waals surface area contributed by atoms with Gasteiger partial charge in [0.2, 0.25) is 0 Å². The molecule has 4 nitrogen and oxygen atoms in total. The number of benzene rings is 1. The fourth-order valence-corrected chi connectivity index (χ4v) is 3.16. The van der Waals surface area contributed by atoms with E-state index in [1.54, 1.807) is 18.3 Å². The minimum Gasteiger partial charge on any atom is -0.344 e. The van der Waals surface area contributed by atoms with Gasteiger partial charge in [0.05, 0.1) is 17.9 Å². The summed E-state index contributed by atoms with van der Waals surface area (Å²) >= 11 is 0. The van der Waals surface area contributed by atoms with Crippen molar-refractivity contribution in [3.8, 4) is 0 Å². The Bertz CT molecular complexity index is 664. The standard InChI is InChI=1S/C18H20FN3O/c1-12-10-21-16(11-20-12)18(23)22-17(13-4-2-3-5-13)14-6-8-15(19)9-7-14/h6-11,13,17H,2-5H2,1H3,(H,22,23). The van der Waals surface area contributed by atoms with Crippen LogP contribution in [-0.4, -0.2) is 15.9 Å². The third kappa shape index (κ3) is 3.73. The quantitative estimate of drug-likeness (QED) is 0.938. The Morgan fingerprint density at radius 1 is 1.17 bits per heavy atom. The van der Waals surface area contributed by atoms with E-state index in [1.807, 2.05) is 6.92 Å². The third-order valence-electron chi connectivity index (χ3n) is 4.40. The van der Waals surface area contributed by atoms with Gasteiger partial charge in [0, 0.05) is 6.20 Å². The zero-order valence-corrected chi connectivity index (χ0v) is 13.1. The van der Waals surface area contributed by atoms with E-state index in [2.05, 4.69) is 15.3 Å². The van der Waals surface area contributed by atoms with Crippen LogP contribution < -0.4 is 5.32 Å². The first-order valence-corrected chi connectivity index (χ1v) is 7.98. The second kappa shape index (κ2) is 6.86. The highest BCUT2D eigenvalue weighted by Gasteiger charge is 2.28. The van der Waals surface area contributed by atoms with Crippen LogP contribution in [0.3, 0.4) is 0 Å². The maximum Gasteiger partial charge on any atom is 0.271 e. The maximum absolute atomic E-state index is 13.2. The second-order valence-corrected chi connectivity index (χ2v) is 6.09. The lowest BCUT2D eigenvalue weighted by Crippen LogP contribution is -2.33. The molecule has 120 valence electrons. The summed E-state index contributed by atoms with van der Waals surface area (Å²) in [6.45, 7) is 1.83. The number of amides is 1. The van der Waals surface area contributed by atoms with Gasteiger partial charge in [-0.2, -0.15) is 0 Å². The van der Waals surface area contributed by atoms with Crippen LogP contribution in [0.15, 0.2) is 36.7 Å². The van der Waals surface area contributed by atoms with E-state index in [0.717, 1.165) is 24.1 Å². The van der Waals surface area contributed by atoms with E-state index in [9.17, 15) is 9.18 Å². The highest BCUT2D eigenvalue weighted by molar-refractivity contribution is 5.92. The van der Waals surface area contributed by atoms with Gasteiger partial charge >= 0.3 is 0 Å². The lowest BCUT2D eigenvalue weighted by molar-refractivity contribution is 0.0916. The summed E-state index contributed by atoms with van der Waals surface area (Å²) in [6, 6.07) is 6.26. The number of carbonyl (C=O) groups excluding carboxylic acids is 1. The minimum absolute atomic E-state index is 0.117. The minimum atomic E-state index is -0.269. The molecule has 0 spiro atoms. The molecule has 1 aromatic carbocycles. The predicted octanol–water partition coefficient (Wildman–Crippen LogP) is 3.59. The molecule has 0 saturated heterocycles. The van der Waals surface area contributed by atoms with Crippen molar-refractivity contribution < 1.29 is 9.18 Å². The molecule has 3 rings (SSSR count).